The molecule has 0 spiro atoms. The summed E-state index contributed by atoms with van der Waals surface area (Å²) in [6.45, 7) is 0. The zero-order valence-corrected chi connectivity index (χ0v) is 14.1. The molecule has 2 aromatic rings. The molecule has 0 unspecified atom stereocenters. The van der Waals surface area contributed by atoms with E-state index in [9.17, 15) is 0 Å². The van der Waals surface area contributed by atoms with Gasteiger partial charge in [0.05, 0.1) is 8.65 Å². The van der Waals surface area contributed by atoms with Crippen molar-refractivity contribution in [1.29, 1.82) is 0 Å². The third kappa shape index (κ3) is 0.918. The van der Waals surface area contributed by atoms with E-state index in [2.05, 4.69) is 92.5 Å². The number of alkyl halides is 2. The highest BCUT2D eigenvalue weighted by Crippen LogP contribution is 3.00. The smallest absolute Gasteiger partial charge is 0.0535 e. The van der Waals surface area contributed by atoms with Gasteiger partial charge in [0, 0.05) is 10.8 Å². The molecule has 0 saturated heterocycles. The monoisotopic (exact) mass is 388 g/mol. The summed E-state index contributed by atoms with van der Waals surface area (Å²) in [7, 11) is 0. The van der Waals surface area contributed by atoms with Gasteiger partial charge in [-0.1, -0.05) is 92.5 Å². The van der Waals surface area contributed by atoms with Gasteiger partial charge in [-0.25, -0.2) is 0 Å². The average Bonchev–Trinajstić information content (AvgIpc) is 3.32. The van der Waals surface area contributed by atoms with Crippen LogP contribution in [0.4, 0.5) is 0 Å². The van der Waals surface area contributed by atoms with Crippen molar-refractivity contribution in [3.05, 3.63) is 71.8 Å². The minimum atomic E-state index is 0.254. The summed E-state index contributed by atoms with van der Waals surface area (Å²) in [5, 5.41) is 0. The summed E-state index contributed by atoms with van der Waals surface area (Å²) in [6, 6.07) is 22.1. The number of rotatable bonds is 2. The van der Waals surface area contributed by atoms with Crippen molar-refractivity contribution in [2.75, 3.05) is 0 Å². The van der Waals surface area contributed by atoms with E-state index in [1.54, 1.807) is 0 Å². The molecule has 4 atom stereocenters. The maximum absolute atomic E-state index is 4.08. The molecule has 3 aliphatic rings. The Hall–Kier alpha value is -0.600. The molecule has 100 valence electrons. The molecule has 0 heterocycles. The van der Waals surface area contributed by atoms with E-state index < -0.39 is 0 Å². The number of halogens is 2. The highest BCUT2D eigenvalue weighted by molar-refractivity contribution is 9.13. The maximum Gasteiger partial charge on any atom is 0.0535 e. The largest absolute Gasteiger partial charge is 0.0827 e. The van der Waals surface area contributed by atoms with Crippen molar-refractivity contribution in [2.24, 2.45) is 0 Å². The fraction of sp³-hybridized carbons (Fsp3) is 0.333. The highest BCUT2D eigenvalue weighted by Gasteiger charge is 3.05. The van der Waals surface area contributed by atoms with E-state index in [-0.39, 0.29) is 19.5 Å². The van der Waals surface area contributed by atoms with Crippen LogP contribution in [0.5, 0.6) is 0 Å². The Balaban J connectivity index is 1.73. The Labute approximate surface area is 135 Å². The van der Waals surface area contributed by atoms with E-state index in [0.717, 1.165) is 0 Å². The molecule has 0 N–H and O–H groups in total. The molecule has 0 radical (unpaired) electrons. The van der Waals surface area contributed by atoms with Crippen LogP contribution >= 0.6 is 31.9 Å². The van der Waals surface area contributed by atoms with Crippen molar-refractivity contribution >= 4 is 31.9 Å². The molecule has 0 nitrogen and oxygen atoms in total. The quantitative estimate of drug-likeness (QED) is 0.637. The summed E-state index contributed by atoms with van der Waals surface area (Å²) in [5.74, 6) is 0. The molecular formula is C18H14Br2. The topological polar surface area (TPSA) is 0 Å². The molecule has 5 rings (SSSR count). The predicted molar refractivity (Wildman–Crippen MR) is 88.8 cm³/mol. The normalized spacial score (nSPS) is 46.9. The second-order valence-corrected chi connectivity index (χ2v) is 9.21. The van der Waals surface area contributed by atoms with E-state index in [1.807, 2.05) is 0 Å². The fourth-order valence-electron chi connectivity index (χ4n) is 5.11. The Morgan fingerprint density at radius 2 is 0.950 bits per heavy atom. The molecule has 3 saturated carbocycles. The molecule has 0 amide bonds. The molecule has 3 aliphatic carbocycles. The lowest BCUT2D eigenvalue weighted by molar-refractivity contribution is 0.369. The first kappa shape index (κ1) is 12.0. The number of hydrogen-bond donors (Lipinski definition) is 0. The van der Waals surface area contributed by atoms with Crippen LogP contribution in [0.25, 0.3) is 0 Å². The van der Waals surface area contributed by atoms with Gasteiger partial charge < -0.3 is 0 Å². The molecule has 2 heteroatoms. The van der Waals surface area contributed by atoms with E-state index >= 15 is 0 Å². The summed E-state index contributed by atoms with van der Waals surface area (Å²) < 4.78 is 0.508. The zero-order chi connectivity index (χ0) is 13.6. The number of hydrogen-bond acceptors (Lipinski definition) is 0. The molecular weight excluding hydrogens is 376 g/mol. The van der Waals surface area contributed by atoms with Crippen molar-refractivity contribution in [3.8, 4) is 0 Å². The Bertz CT molecular complexity index is 649. The molecule has 2 aromatic carbocycles. The van der Waals surface area contributed by atoms with Gasteiger partial charge in [0.2, 0.25) is 0 Å². The third-order valence-corrected chi connectivity index (χ3v) is 9.81. The van der Waals surface area contributed by atoms with Gasteiger partial charge in [-0.15, -0.1) is 0 Å². The van der Waals surface area contributed by atoms with Crippen molar-refractivity contribution in [2.45, 2.75) is 32.3 Å². The number of fused-ring (bicyclic) bond motifs is 4. The predicted octanol–water partition coefficient (Wildman–Crippen LogP) is 4.95. The molecule has 20 heavy (non-hydrogen) atoms. The van der Waals surface area contributed by atoms with Crippen molar-refractivity contribution in [3.63, 3.8) is 0 Å². The van der Waals surface area contributed by atoms with Gasteiger partial charge in [0.1, 0.15) is 0 Å². The van der Waals surface area contributed by atoms with Crippen LogP contribution in [-0.2, 0) is 10.8 Å². The van der Waals surface area contributed by atoms with E-state index in [1.165, 1.54) is 24.0 Å². The van der Waals surface area contributed by atoms with Gasteiger partial charge in [-0.3, -0.25) is 0 Å². The van der Waals surface area contributed by atoms with Crippen LogP contribution in [0.15, 0.2) is 60.7 Å². The van der Waals surface area contributed by atoms with Crippen LogP contribution < -0.4 is 0 Å². The average molecular weight is 390 g/mol. The minimum absolute atomic E-state index is 0.254. The van der Waals surface area contributed by atoms with E-state index in [0.29, 0.717) is 0 Å². The third-order valence-electron chi connectivity index (χ3n) is 6.01. The SMILES string of the molecule is Br[C@@]12C[C@@]1(c1ccccc1)[C@@]1(c3ccccc3)C[C@]21Br. The summed E-state index contributed by atoms with van der Waals surface area (Å²) >= 11 is 8.16. The summed E-state index contributed by atoms with van der Waals surface area (Å²) in [4.78, 5) is 0. The first-order chi connectivity index (χ1) is 9.62. The van der Waals surface area contributed by atoms with E-state index in [4.69, 9.17) is 0 Å². The maximum atomic E-state index is 4.08. The van der Waals surface area contributed by atoms with Crippen LogP contribution in [0, 0.1) is 0 Å². The van der Waals surface area contributed by atoms with Crippen molar-refractivity contribution < 1.29 is 0 Å². The zero-order valence-electron chi connectivity index (χ0n) is 10.9. The number of benzene rings is 2. The lowest BCUT2D eigenvalue weighted by Crippen LogP contribution is -2.53. The van der Waals surface area contributed by atoms with Crippen LogP contribution in [0.3, 0.4) is 0 Å². The molecule has 0 aromatic heterocycles. The summed E-state index contributed by atoms with van der Waals surface area (Å²) in [6.07, 6.45) is 2.48. The lowest BCUT2D eigenvalue weighted by atomic mass is 9.64. The van der Waals surface area contributed by atoms with Gasteiger partial charge in [-0.2, -0.15) is 0 Å². The Kier molecular flexibility index (Phi) is 1.95. The highest BCUT2D eigenvalue weighted by atomic mass is 79.9. The Morgan fingerprint density at radius 1 is 0.600 bits per heavy atom. The van der Waals surface area contributed by atoms with Crippen LogP contribution in [-0.4, -0.2) is 8.65 Å². The van der Waals surface area contributed by atoms with Gasteiger partial charge in [0.15, 0.2) is 0 Å². The first-order valence-corrected chi connectivity index (χ1v) is 8.70. The molecule has 0 aliphatic heterocycles. The fourth-order valence-corrected chi connectivity index (χ4v) is 8.05. The second-order valence-electron chi connectivity index (χ2n) is 6.50. The summed E-state index contributed by atoms with van der Waals surface area (Å²) in [5.41, 5.74) is 3.56. The molecule has 3 fully saturated rings. The minimum Gasteiger partial charge on any atom is -0.0827 e. The first-order valence-electron chi connectivity index (χ1n) is 7.11. The standard InChI is InChI=1S/C18H14Br2/c19-17-11-15(17,13-7-3-1-4-8-13)16(12-18(16,17)20)14-9-5-2-6-10-14/h1-10H,11-12H2/t15-,16+,17+,18-. The van der Waals surface area contributed by atoms with Crippen molar-refractivity contribution in [1.82, 2.24) is 0 Å². The van der Waals surface area contributed by atoms with Gasteiger partial charge in [0.25, 0.3) is 0 Å². The van der Waals surface area contributed by atoms with Crippen LogP contribution in [0.1, 0.15) is 24.0 Å². The Morgan fingerprint density at radius 3 is 1.25 bits per heavy atom. The second kappa shape index (κ2) is 3.25. The van der Waals surface area contributed by atoms with Crippen LogP contribution in [0.2, 0.25) is 0 Å². The van der Waals surface area contributed by atoms with Gasteiger partial charge in [-0.05, 0) is 24.0 Å². The molecule has 0 bridgehead atoms. The lowest BCUT2D eigenvalue weighted by Gasteiger charge is -2.46. The van der Waals surface area contributed by atoms with Gasteiger partial charge >= 0.3 is 0 Å².